The number of pyridine rings is 1. The molecule has 1 aromatic heterocycles. The lowest BCUT2D eigenvalue weighted by Gasteiger charge is -2.09. The van der Waals surface area contributed by atoms with Crippen LogP contribution in [0.1, 0.15) is 5.56 Å². The zero-order valence-electron chi connectivity index (χ0n) is 11.9. The number of nitrogens with zero attached hydrogens (tertiary/aromatic N) is 1. The molecule has 1 N–H and O–H groups in total. The van der Waals surface area contributed by atoms with Crippen molar-refractivity contribution in [3.8, 4) is 12.3 Å². The average Bonchev–Trinajstić information content (AvgIpc) is 2.53. The van der Waals surface area contributed by atoms with Crippen molar-refractivity contribution in [2.24, 2.45) is 0 Å². The summed E-state index contributed by atoms with van der Waals surface area (Å²) in [7, 11) is 0. The Labute approximate surface area is 142 Å². The van der Waals surface area contributed by atoms with E-state index in [0.717, 1.165) is 5.56 Å². The van der Waals surface area contributed by atoms with Gasteiger partial charge in [0.2, 0.25) is 0 Å². The fourth-order valence-corrected chi connectivity index (χ4v) is 2.17. The number of amides is 1. The van der Waals surface area contributed by atoms with Gasteiger partial charge in [0.25, 0.3) is 5.56 Å². The van der Waals surface area contributed by atoms with E-state index in [2.05, 4.69) is 16.0 Å². The number of benzene rings is 1. The first kappa shape index (κ1) is 16.9. The Morgan fingerprint density at radius 2 is 2.09 bits per heavy atom. The number of rotatable bonds is 4. The summed E-state index contributed by atoms with van der Waals surface area (Å²) in [6, 6.07) is 8.21. The molecule has 0 spiro atoms. The average molecular weight is 351 g/mol. The predicted molar refractivity (Wildman–Crippen MR) is 90.1 cm³/mol. The third kappa shape index (κ3) is 4.52. The highest BCUT2D eigenvalue weighted by molar-refractivity contribution is 6.42. The zero-order valence-corrected chi connectivity index (χ0v) is 13.4. The van der Waals surface area contributed by atoms with Crippen molar-refractivity contribution in [3.63, 3.8) is 0 Å². The highest BCUT2D eigenvalue weighted by atomic mass is 35.5. The van der Waals surface area contributed by atoms with Crippen LogP contribution < -0.4 is 10.9 Å². The number of hydrogen-bond donors (Lipinski definition) is 1. The molecule has 5 nitrogen and oxygen atoms in total. The second-order valence-electron chi connectivity index (χ2n) is 4.51. The Balaban J connectivity index is 2.19. The first-order valence-corrected chi connectivity index (χ1v) is 7.27. The lowest BCUT2D eigenvalue weighted by Crippen LogP contribution is -2.26. The van der Waals surface area contributed by atoms with Gasteiger partial charge in [0.05, 0.1) is 16.6 Å². The Kier molecular flexibility index (Phi) is 5.69. The summed E-state index contributed by atoms with van der Waals surface area (Å²) in [5.74, 6) is 2.16. The Bertz CT molecular complexity index is 825. The van der Waals surface area contributed by atoms with E-state index >= 15 is 0 Å². The molecule has 1 amide bonds. The molecular weight excluding hydrogens is 339 g/mol. The monoisotopic (exact) mass is 350 g/mol. The summed E-state index contributed by atoms with van der Waals surface area (Å²) in [4.78, 5) is 23.8. The molecule has 0 aliphatic rings. The van der Waals surface area contributed by atoms with Gasteiger partial charge >= 0.3 is 6.09 Å². The van der Waals surface area contributed by atoms with Gasteiger partial charge in [-0.25, -0.2) is 4.79 Å². The number of ether oxygens (including phenoxy) is 1. The first-order valence-electron chi connectivity index (χ1n) is 6.52. The van der Waals surface area contributed by atoms with Gasteiger partial charge in [-0.1, -0.05) is 35.2 Å². The molecular formula is C16H12Cl2N2O3. The summed E-state index contributed by atoms with van der Waals surface area (Å²) >= 11 is 11.8. The molecule has 0 saturated carbocycles. The number of carbonyl (C=O) groups excluding carboxylic acids is 1. The number of terminal acetylenes is 1. The fourth-order valence-electron chi connectivity index (χ4n) is 1.84. The largest absolute Gasteiger partial charge is 0.436 e. The van der Waals surface area contributed by atoms with Crippen LogP contribution in [-0.2, 0) is 11.3 Å². The van der Waals surface area contributed by atoms with Crippen LogP contribution in [0.15, 0.2) is 41.3 Å². The van der Waals surface area contributed by atoms with Crippen LogP contribution in [0, 0.1) is 12.3 Å². The van der Waals surface area contributed by atoms with E-state index in [0.29, 0.717) is 10.0 Å². The molecule has 2 aromatic rings. The summed E-state index contributed by atoms with van der Waals surface area (Å²) in [5, 5.41) is 3.20. The second kappa shape index (κ2) is 7.73. The molecule has 0 bridgehead atoms. The van der Waals surface area contributed by atoms with E-state index in [1.165, 1.54) is 10.6 Å². The smallest absolute Gasteiger partial charge is 0.412 e. The quantitative estimate of drug-likeness (QED) is 0.859. The molecule has 0 radical (unpaired) electrons. The number of nitrogens with one attached hydrogen (secondary N) is 1. The van der Waals surface area contributed by atoms with Gasteiger partial charge in [-0.05, 0) is 29.8 Å². The topological polar surface area (TPSA) is 60.3 Å². The van der Waals surface area contributed by atoms with Gasteiger partial charge in [0.1, 0.15) is 5.69 Å². The van der Waals surface area contributed by atoms with Crippen LogP contribution in [0.3, 0.4) is 0 Å². The number of anilines is 1. The molecule has 1 heterocycles. The molecule has 1 aromatic carbocycles. The first-order chi connectivity index (χ1) is 11.0. The van der Waals surface area contributed by atoms with E-state index in [-0.39, 0.29) is 24.4 Å². The van der Waals surface area contributed by atoms with Crippen molar-refractivity contribution in [1.82, 2.24) is 4.57 Å². The molecule has 0 aliphatic heterocycles. The Morgan fingerprint density at radius 3 is 2.78 bits per heavy atom. The van der Waals surface area contributed by atoms with Crippen LogP contribution in [-0.4, -0.2) is 17.3 Å². The molecule has 0 unspecified atom stereocenters. The minimum absolute atomic E-state index is 0.0922. The maximum Gasteiger partial charge on any atom is 0.412 e. The normalized spacial score (nSPS) is 9.96. The van der Waals surface area contributed by atoms with E-state index in [1.807, 2.05) is 0 Å². The molecule has 0 aliphatic carbocycles. The Hall–Kier alpha value is -2.42. The molecule has 7 heteroatoms. The third-order valence-electron chi connectivity index (χ3n) is 2.88. The number of halogens is 2. The number of aromatic nitrogens is 1. The third-order valence-corrected chi connectivity index (χ3v) is 3.62. The lowest BCUT2D eigenvalue weighted by molar-refractivity contribution is 0.176. The van der Waals surface area contributed by atoms with Crippen molar-refractivity contribution in [1.29, 1.82) is 0 Å². The van der Waals surface area contributed by atoms with Crippen LogP contribution in [0.2, 0.25) is 10.0 Å². The van der Waals surface area contributed by atoms with Gasteiger partial charge in [0.15, 0.2) is 6.61 Å². The summed E-state index contributed by atoms with van der Waals surface area (Å²) < 4.78 is 6.10. The predicted octanol–water partition coefficient (Wildman–Crippen LogP) is 3.39. The van der Waals surface area contributed by atoms with Crippen molar-refractivity contribution >= 4 is 35.0 Å². The van der Waals surface area contributed by atoms with Crippen molar-refractivity contribution in [3.05, 3.63) is 62.5 Å². The molecule has 118 valence electrons. The highest BCUT2D eigenvalue weighted by Crippen LogP contribution is 2.22. The van der Waals surface area contributed by atoms with Gasteiger partial charge < -0.3 is 9.30 Å². The van der Waals surface area contributed by atoms with Crippen molar-refractivity contribution in [2.45, 2.75) is 6.54 Å². The van der Waals surface area contributed by atoms with Crippen molar-refractivity contribution in [2.75, 3.05) is 11.9 Å². The second-order valence-corrected chi connectivity index (χ2v) is 5.32. The van der Waals surface area contributed by atoms with E-state index < -0.39 is 6.09 Å². The van der Waals surface area contributed by atoms with E-state index in [9.17, 15) is 9.59 Å². The molecule has 23 heavy (non-hydrogen) atoms. The fraction of sp³-hybridized carbons (Fsp3) is 0.125. The highest BCUT2D eigenvalue weighted by Gasteiger charge is 2.09. The van der Waals surface area contributed by atoms with Crippen LogP contribution in [0.25, 0.3) is 0 Å². The number of carbonyl (C=O) groups is 1. The summed E-state index contributed by atoms with van der Waals surface area (Å²) in [5.41, 5.74) is 0.513. The van der Waals surface area contributed by atoms with Gasteiger partial charge in [-0.15, -0.1) is 6.42 Å². The molecule has 0 atom stereocenters. The van der Waals surface area contributed by atoms with Crippen LogP contribution >= 0.6 is 23.2 Å². The van der Waals surface area contributed by atoms with Gasteiger partial charge in [-0.2, -0.15) is 0 Å². The summed E-state index contributed by atoms with van der Waals surface area (Å²) in [6.07, 6.45) is 5.81. The van der Waals surface area contributed by atoms with Gasteiger partial charge in [-0.3, -0.25) is 10.1 Å². The Morgan fingerprint density at radius 1 is 1.30 bits per heavy atom. The van der Waals surface area contributed by atoms with E-state index in [4.69, 9.17) is 29.6 Å². The standard InChI is InChI=1S/C16H12Cl2N2O3/c1-2-8-23-16(22)19-14-4-3-7-20(15(14)21)10-11-5-6-12(17)13(18)9-11/h1,3-7,9H,8,10H2,(H,19,22). The SMILES string of the molecule is C#CCOC(=O)Nc1cccn(Cc2ccc(Cl)c(Cl)c2)c1=O. The van der Waals surface area contributed by atoms with Crippen LogP contribution in [0.5, 0.6) is 0 Å². The maximum absolute atomic E-state index is 12.3. The molecule has 0 saturated heterocycles. The number of hydrogen-bond acceptors (Lipinski definition) is 3. The van der Waals surface area contributed by atoms with Crippen LogP contribution in [0.4, 0.5) is 10.5 Å². The maximum atomic E-state index is 12.3. The summed E-state index contributed by atoms with van der Waals surface area (Å²) in [6.45, 7) is 0.112. The minimum Gasteiger partial charge on any atom is -0.436 e. The lowest BCUT2D eigenvalue weighted by atomic mass is 10.2. The zero-order chi connectivity index (χ0) is 16.8. The molecule has 2 rings (SSSR count). The minimum atomic E-state index is -0.785. The van der Waals surface area contributed by atoms with E-state index in [1.54, 1.807) is 30.5 Å². The molecule has 0 fully saturated rings. The van der Waals surface area contributed by atoms with Crippen molar-refractivity contribution < 1.29 is 9.53 Å². The van der Waals surface area contributed by atoms with Gasteiger partial charge in [0, 0.05) is 6.20 Å².